The van der Waals surface area contributed by atoms with Crippen molar-refractivity contribution >= 4 is 10.8 Å². The van der Waals surface area contributed by atoms with E-state index >= 15 is 0 Å². The molecule has 5 rings (SSSR count). The lowest BCUT2D eigenvalue weighted by Gasteiger charge is -2.22. The van der Waals surface area contributed by atoms with Gasteiger partial charge >= 0.3 is 0 Å². The molecule has 8 heteroatoms. The van der Waals surface area contributed by atoms with Gasteiger partial charge in [-0.25, -0.2) is 9.37 Å². The molecule has 0 aliphatic carbocycles. The summed E-state index contributed by atoms with van der Waals surface area (Å²) in [7, 11) is 0. The van der Waals surface area contributed by atoms with Gasteiger partial charge in [-0.2, -0.15) is 0 Å². The van der Waals surface area contributed by atoms with Crippen molar-refractivity contribution in [3.63, 3.8) is 0 Å². The lowest BCUT2D eigenvalue weighted by atomic mass is 9.93. The van der Waals surface area contributed by atoms with E-state index in [0.29, 0.717) is 6.61 Å². The van der Waals surface area contributed by atoms with Gasteiger partial charge < -0.3 is 14.5 Å². The molecule has 0 bridgehead atoms. The maximum atomic E-state index is 13.1. The first-order valence-electron chi connectivity index (χ1n) is 10.8. The van der Waals surface area contributed by atoms with E-state index < -0.39 is 5.09 Å². The zero-order valence-corrected chi connectivity index (χ0v) is 18.6. The van der Waals surface area contributed by atoms with Crippen LogP contribution < -0.4 is 4.74 Å². The van der Waals surface area contributed by atoms with Gasteiger partial charge in [0.25, 0.3) is 5.09 Å². The van der Waals surface area contributed by atoms with Crippen molar-refractivity contribution < 1.29 is 19.4 Å². The van der Waals surface area contributed by atoms with Crippen LogP contribution in [0.3, 0.4) is 0 Å². The van der Waals surface area contributed by atoms with Crippen molar-refractivity contribution in [2.75, 3.05) is 0 Å². The molecule has 1 atom stereocenters. The molecule has 0 aliphatic rings. The van der Waals surface area contributed by atoms with Gasteiger partial charge in [0.2, 0.25) is 0 Å². The molecular formula is C27H22FN3O4. The quantitative estimate of drug-likeness (QED) is 0.241. The number of benzene rings is 4. The van der Waals surface area contributed by atoms with Crippen LogP contribution >= 0.6 is 0 Å². The minimum absolute atomic E-state index is 0.000233. The van der Waals surface area contributed by atoms with E-state index in [4.69, 9.17) is 20.1 Å². The van der Waals surface area contributed by atoms with E-state index in [1.807, 2.05) is 24.7 Å². The SMILES string of the molecule is Fc1ccc(COc2ccc(C(c3cccc4ccccc34)n3ccnc3)cc2)cc1.O=[N+]([O-])O. The van der Waals surface area contributed by atoms with Gasteiger partial charge in [0, 0.05) is 12.4 Å². The zero-order valence-electron chi connectivity index (χ0n) is 18.6. The standard InChI is InChI=1S/C27H21FN2O.HNO3/c28-23-12-8-20(9-13-23)18-31-24-14-10-22(11-15-24)27(30-17-16-29-19-30)26-7-3-5-21-4-1-2-6-25(21)26;2-1(3)4/h1-17,19,27H,18H2;(H,2,3,4). The Morgan fingerprint density at radius 2 is 1.66 bits per heavy atom. The molecule has 0 spiro atoms. The number of hydrogen-bond donors (Lipinski definition) is 1. The molecule has 0 saturated heterocycles. The predicted octanol–water partition coefficient (Wildman–Crippen LogP) is 6.04. The first-order valence-corrected chi connectivity index (χ1v) is 10.8. The summed E-state index contributed by atoms with van der Waals surface area (Å²) in [5.74, 6) is 0.530. The number of imidazole rings is 1. The third-order valence-corrected chi connectivity index (χ3v) is 5.46. The van der Waals surface area contributed by atoms with Gasteiger partial charge in [0.1, 0.15) is 18.2 Å². The van der Waals surface area contributed by atoms with Gasteiger partial charge in [-0.05, 0) is 51.7 Å². The molecule has 0 saturated carbocycles. The van der Waals surface area contributed by atoms with Gasteiger partial charge in [0.05, 0.1) is 12.4 Å². The average molecular weight is 471 g/mol. The van der Waals surface area contributed by atoms with E-state index in [1.54, 1.807) is 18.3 Å². The second-order valence-corrected chi connectivity index (χ2v) is 7.70. The molecule has 0 aliphatic heterocycles. The lowest BCUT2D eigenvalue weighted by molar-refractivity contribution is -0.742. The molecule has 176 valence electrons. The van der Waals surface area contributed by atoms with Crippen LogP contribution in [0.25, 0.3) is 10.8 Å². The van der Waals surface area contributed by atoms with Gasteiger partial charge in [-0.1, -0.05) is 66.7 Å². The third kappa shape index (κ3) is 6.00. The molecule has 0 radical (unpaired) electrons. The second kappa shape index (κ2) is 10.9. The fourth-order valence-corrected chi connectivity index (χ4v) is 3.92. The van der Waals surface area contributed by atoms with E-state index in [0.717, 1.165) is 16.9 Å². The van der Waals surface area contributed by atoms with Gasteiger partial charge in [-0.15, -0.1) is 10.1 Å². The fourth-order valence-electron chi connectivity index (χ4n) is 3.92. The van der Waals surface area contributed by atoms with Crippen molar-refractivity contribution in [2.24, 2.45) is 0 Å². The largest absolute Gasteiger partial charge is 0.489 e. The summed E-state index contributed by atoms with van der Waals surface area (Å²) in [4.78, 5) is 12.6. The lowest BCUT2D eigenvalue weighted by Crippen LogP contribution is -2.11. The summed E-state index contributed by atoms with van der Waals surface area (Å²) >= 11 is 0. The zero-order chi connectivity index (χ0) is 24.6. The minimum Gasteiger partial charge on any atom is -0.489 e. The fraction of sp³-hybridized carbons (Fsp3) is 0.0741. The second-order valence-electron chi connectivity index (χ2n) is 7.70. The molecule has 7 nitrogen and oxygen atoms in total. The van der Waals surface area contributed by atoms with Crippen molar-refractivity contribution in [1.29, 1.82) is 0 Å². The monoisotopic (exact) mass is 471 g/mol. The maximum Gasteiger partial charge on any atom is 0.291 e. The topological polar surface area (TPSA) is 90.4 Å². The summed E-state index contributed by atoms with van der Waals surface area (Å²) in [5, 5.41) is 16.1. The molecular weight excluding hydrogens is 449 g/mol. The average Bonchev–Trinajstić information content (AvgIpc) is 3.39. The van der Waals surface area contributed by atoms with Crippen molar-refractivity contribution in [2.45, 2.75) is 12.6 Å². The van der Waals surface area contributed by atoms with Crippen LogP contribution in [-0.2, 0) is 6.61 Å². The number of halogens is 1. The van der Waals surface area contributed by atoms with Crippen LogP contribution in [0.15, 0.2) is 110 Å². The minimum atomic E-state index is -1.50. The number of ether oxygens (including phenoxy) is 1. The number of rotatable bonds is 6. The Morgan fingerprint density at radius 1 is 0.971 bits per heavy atom. The molecule has 35 heavy (non-hydrogen) atoms. The highest BCUT2D eigenvalue weighted by Gasteiger charge is 2.18. The molecule has 1 aromatic heterocycles. The Labute approximate surface area is 200 Å². The third-order valence-electron chi connectivity index (χ3n) is 5.46. The summed E-state index contributed by atoms with van der Waals surface area (Å²) in [5.41, 5.74) is 3.29. The summed E-state index contributed by atoms with van der Waals surface area (Å²) in [6.07, 6.45) is 5.65. The van der Waals surface area contributed by atoms with Crippen molar-refractivity contribution in [3.05, 3.63) is 142 Å². The Hall–Kier alpha value is -4.72. The highest BCUT2D eigenvalue weighted by Crippen LogP contribution is 2.33. The highest BCUT2D eigenvalue weighted by molar-refractivity contribution is 5.86. The van der Waals surface area contributed by atoms with Crippen molar-refractivity contribution in [3.8, 4) is 5.75 Å². The summed E-state index contributed by atoms with van der Waals surface area (Å²) < 4.78 is 21.1. The predicted molar refractivity (Wildman–Crippen MR) is 129 cm³/mol. The Balaban J connectivity index is 0.000000672. The Morgan fingerprint density at radius 3 is 2.34 bits per heavy atom. The molecule has 1 unspecified atom stereocenters. The first-order chi connectivity index (χ1) is 17.0. The van der Waals surface area contributed by atoms with E-state index in [9.17, 15) is 4.39 Å². The maximum absolute atomic E-state index is 13.1. The molecule has 0 fully saturated rings. The normalized spacial score (nSPS) is 11.3. The number of hydrogen-bond acceptors (Lipinski definition) is 4. The molecule has 1 N–H and O–H groups in total. The van der Waals surface area contributed by atoms with Crippen molar-refractivity contribution in [1.82, 2.24) is 9.55 Å². The van der Waals surface area contributed by atoms with Crippen LogP contribution in [0.5, 0.6) is 5.75 Å². The molecule has 4 aromatic carbocycles. The molecule has 0 amide bonds. The highest BCUT2D eigenvalue weighted by atomic mass is 19.1. The van der Waals surface area contributed by atoms with Gasteiger partial charge in [-0.3, -0.25) is 0 Å². The summed E-state index contributed by atoms with van der Waals surface area (Å²) in [6, 6.07) is 29.3. The first kappa shape index (κ1) is 23.4. The van der Waals surface area contributed by atoms with E-state index in [2.05, 4.69) is 64.1 Å². The van der Waals surface area contributed by atoms with E-state index in [1.165, 1.54) is 28.5 Å². The summed E-state index contributed by atoms with van der Waals surface area (Å²) in [6.45, 7) is 0.397. The number of nitrogens with zero attached hydrogens (tertiary/aromatic N) is 3. The van der Waals surface area contributed by atoms with E-state index in [-0.39, 0.29) is 11.9 Å². The number of fused-ring (bicyclic) bond motifs is 1. The Kier molecular flexibility index (Phi) is 7.32. The Bertz CT molecular complexity index is 1380. The van der Waals surface area contributed by atoms with Gasteiger partial charge in [0.15, 0.2) is 0 Å². The number of aromatic nitrogens is 2. The molecule has 1 heterocycles. The van der Waals surface area contributed by atoms with Crippen LogP contribution in [0.4, 0.5) is 4.39 Å². The molecule has 5 aromatic rings. The van der Waals surface area contributed by atoms with Crippen LogP contribution in [0.2, 0.25) is 0 Å². The van der Waals surface area contributed by atoms with Crippen LogP contribution in [0, 0.1) is 15.9 Å². The van der Waals surface area contributed by atoms with Crippen LogP contribution in [0.1, 0.15) is 22.7 Å². The smallest absolute Gasteiger partial charge is 0.291 e. The van der Waals surface area contributed by atoms with Crippen LogP contribution in [-0.4, -0.2) is 19.8 Å².